The molecule has 0 aliphatic carbocycles. The van der Waals surface area contributed by atoms with E-state index in [1.165, 1.54) is 38.5 Å². The van der Waals surface area contributed by atoms with Crippen molar-refractivity contribution in [2.45, 2.75) is 0 Å². The van der Waals surface area contributed by atoms with Crippen molar-refractivity contribution >= 4 is 28.3 Å². The van der Waals surface area contributed by atoms with Crippen LogP contribution >= 0.6 is 11.3 Å². The van der Waals surface area contributed by atoms with Crippen molar-refractivity contribution in [3.63, 3.8) is 0 Å². The Hall–Kier alpha value is -3.90. The van der Waals surface area contributed by atoms with Crippen LogP contribution in [0.4, 0.5) is 5.13 Å². The number of methoxy groups -OCH3 is 2. The quantitative estimate of drug-likeness (QED) is 0.637. The van der Waals surface area contributed by atoms with E-state index in [0.29, 0.717) is 27.6 Å². The number of anilines is 1. The van der Waals surface area contributed by atoms with Crippen molar-refractivity contribution in [1.82, 2.24) is 4.98 Å². The van der Waals surface area contributed by atoms with Gasteiger partial charge in [-0.2, -0.15) is 5.26 Å². The average Bonchev–Trinajstić information content (AvgIpc) is 3.15. The summed E-state index contributed by atoms with van der Waals surface area (Å²) >= 11 is 1.02. The van der Waals surface area contributed by atoms with Crippen molar-refractivity contribution in [2.75, 3.05) is 19.5 Å². The predicted octanol–water partition coefficient (Wildman–Crippen LogP) is 3.65. The number of nitrogens with one attached hydrogen (secondary N) is 1. The number of thiazole rings is 1. The first-order chi connectivity index (χ1) is 14.0. The van der Waals surface area contributed by atoms with Gasteiger partial charge in [-0.15, -0.1) is 0 Å². The second kappa shape index (κ2) is 8.41. The summed E-state index contributed by atoms with van der Waals surface area (Å²) in [7, 11) is 3.03. The van der Waals surface area contributed by atoms with E-state index < -0.39 is 11.9 Å². The van der Waals surface area contributed by atoms with Gasteiger partial charge >= 0.3 is 5.97 Å². The second-order valence-electron chi connectivity index (χ2n) is 5.72. The van der Waals surface area contributed by atoms with Crippen molar-refractivity contribution in [1.29, 1.82) is 5.26 Å². The van der Waals surface area contributed by atoms with Gasteiger partial charge in [-0.1, -0.05) is 17.4 Å². The molecule has 0 aliphatic rings. The number of carboxylic acid groups (broad SMARTS) is 1. The van der Waals surface area contributed by atoms with Gasteiger partial charge in [0, 0.05) is 11.1 Å². The fourth-order valence-corrected chi connectivity index (χ4v) is 3.37. The zero-order chi connectivity index (χ0) is 21.0. The minimum atomic E-state index is -1.13. The molecule has 3 aromatic rings. The molecule has 0 radical (unpaired) electrons. The highest BCUT2D eigenvalue weighted by molar-refractivity contribution is 7.16. The number of rotatable bonds is 6. The lowest BCUT2D eigenvalue weighted by Gasteiger charge is -2.08. The first-order valence-corrected chi connectivity index (χ1v) is 9.06. The molecule has 0 bridgehead atoms. The van der Waals surface area contributed by atoms with Crippen LogP contribution in [0.25, 0.3) is 11.3 Å². The zero-order valence-corrected chi connectivity index (χ0v) is 16.2. The van der Waals surface area contributed by atoms with Crippen molar-refractivity contribution < 1.29 is 24.2 Å². The molecule has 0 aliphatic heterocycles. The van der Waals surface area contributed by atoms with Gasteiger partial charge in [0.1, 0.15) is 16.6 Å². The van der Waals surface area contributed by atoms with Crippen LogP contribution in [0.2, 0.25) is 0 Å². The third-order valence-electron chi connectivity index (χ3n) is 3.98. The maximum absolute atomic E-state index is 12.5. The summed E-state index contributed by atoms with van der Waals surface area (Å²) in [6.45, 7) is 0. The molecule has 3 rings (SSSR count). The van der Waals surface area contributed by atoms with Gasteiger partial charge in [0.15, 0.2) is 16.6 Å². The Morgan fingerprint density at radius 2 is 1.83 bits per heavy atom. The number of hydrogen-bond acceptors (Lipinski definition) is 7. The molecule has 0 fully saturated rings. The topological polar surface area (TPSA) is 122 Å². The Morgan fingerprint density at radius 1 is 1.10 bits per heavy atom. The molecule has 1 amide bonds. The van der Waals surface area contributed by atoms with Gasteiger partial charge in [0.2, 0.25) is 0 Å². The zero-order valence-electron chi connectivity index (χ0n) is 15.4. The van der Waals surface area contributed by atoms with Crippen LogP contribution in [0, 0.1) is 11.3 Å². The van der Waals surface area contributed by atoms with Crippen molar-refractivity contribution in [2.24, 2.45) is 0 Å². The molecule has 1 heterocycles. The number of aromatic nitrogens is 1. The van der Waals surface area contributed by atoms with E-state index in [1.807, 2.05) is 0 Å². The summed E-state index contributed by atoms with van der Waals surface area (Å²) in [6, 6.07) is 12.8. The van der Waals surface area contributed by atoms with Crippen molar-refractivity contribution in [3.8, 4) is 28.8 Å². The SMILES string of the molecule is COc1ccc(-c2nc(NC(=O)c3cccc(C(=O)O)c3)sc2C#N)cc1OC. The van der Waals surface area contributed by atoms with Gasteiger partial charge < -0.3 is 14.6 Å². The van der Waals surface area contributed by atoms with Crippen LogP contribution in [0.3, 0.4) is 0 Å². The number of ether oxygens (including phenoxy) is 2. The molecule has 0 saturated carbocycles. The molecular formula is C20H15N3O5S. The standard InChI is InChI=1S/C20H15N3O5S/c1-27-14-7-6-11(9-15(14)28-2)17-16(10-21)29-20(22-17)23-18(24)12-4-3-5-13(8-12)19(25)26/h3-9H,1-2H3,(H,25,26)(H,22,23,24). The summed E-state index contributed by atoms with van der Waals surface area (Å²) in [6.07, 6.45) is 0. The molecule has 2 N–H and O–H groups in total. The molecule has 0 unspecified atom stereocenters. The van der Waals surface area contributed by atoms with Gasteiger partial charge in [-0.25, -0.2) is 9.78 Å². The molecule has 0 saturated heterocycles. The van der Waals surface area contributed by atoms with Gasteiger partial charge in [0.25, 0.3) is 5.91 Å². The molecule has 146 valence electrons. The fraction of sp³-hybridized carbons (Fsp3) is 0.100. The molecular weight excluding hydrogens is 394 g/mol. The molecule has 1 aromatic heterocycles. The minimum Gasteiger partial charge on any atom is -0.493 e. The fourth-order valence-electron chi connectivity index (χ4n) is 2.59. The molecule has 0 spiro atoms. The van der Waals surface area contributed by atoms with Crippen LogP contribution in [0.15, 0.2) is 42.5 Å². The minimum absolute atomic E-state index is 0.000481. The van der Waals surface area contributed by atoms with Crippen LogP contribution < -0.4 is 14.8 Å². The highest BCUT2D eigenvalue weighted by Crippen LogP contribution is 2.36. The number of aromatic carboxylic acids is 1. The number of benzene rings is 2. The van der Waals surface area contributed by atoms with Crippen LogP contribution in [0.5, 0.6) is 11.5 Å². The number of nitrogens with zero attached hydrogens (tertiary/aromatic N) is 2. The Labute approximate surface area is 170 Å². The predicted molar refractivity (Wildman–Crippen MR) is 107 cm³/mol. The number of nitriles is 1. The first kappa shape index (κ1) is 19.9. The highest BCUT2D eigenvalue weighted by atomic mass is 32.1. The summed E-state index contributed by atoms with van der Waals surface area (Å²) in [5.41, 5.74) is 1.20. The Balaban J connectivity index is 1.91. The lowest BCUT2D eigenvalue weighted by atomic mass is 10.1. The van der Waals surface area contributed by atoms with E-state index in [-0.39, 0.29) is 16.3 Å². The summed E-state index contributed by atoms with van der Waals surface area (Å²) in [4.78, 5) is 28.2. The first-order valence-electron chi connectivity index (χ1n) is 8.25. The summed E-state index contributed by atoms with van der Waals surface area (Å²) < 4.78 is 10.5. The largest absolute Gasteiger partial charge is 0.493 e. The normalized spacial score (nSPS) is 10.1. The summed E-state index contributed by atoms with van der Waals surface area (Å²) in [5, 5.41) is 21.3. The van der Waals surface area contributed by atoms with E-state index in [2.05, 4.69) is 16.4 Å². The van der Waals surface area contributed by atoms with E-state index in [4.69, 9.17) is 14.6 Å². The van der Waals surface area contributed by atoms with E-state index in [9.17, 15) is 14.9 Å². The smallest absolute Gasteiger partial charge is 0.335 e. The third-order valence-corrected chi connectivity index (χ3v) is 4.85. The third kappa shape index (κ3) is 4.17. The number of amides is 1. The molecule has 2 aromatic carbocycles. The van der Waals surface area contributed by atoms with Crippen LogP contribution in [-0.4, -0.2) is 36.2 Å². The lowest BCUT2D eigenvalue weighted by molar-refractivity contribution is 0.0697. The van der Waals surface area contributed by atoms with E-state index in [1.54, 1.807) is 18.2 Å². The molecule has 9 heteroatoms. The number of carbonyl (C=O) groups excluding carboxylic acids is 1. The Kier molecular flexibility index (Phi) is 5.76. The molecule has 8 nitrogen and oxygen atoms in total. The average molecular weight is 409 g/mol. The monoisotopic (exact) mass is 409 g/mol. The number of carboxylic acids is 1. The maximum atomic E-state index is 12.5. The number of carbonyl (C=O) groups is 2. The van der Waals surface area contributed by atoms with E-state index in [0.717, 1.165) is 11.3 Å². The molecule has 0 atom stereocenters. The maximum Gasteiger partial charge on any atom is 0.335 e. The van der Waals surface area contributed by atoms with Gasteiger partial charge in [0.05, 0.1) is 19.8 Å². The van der Waals surface area contributed by atoms with Gasteiger partial charge in [-0.05, 0) is 36.4 Å². The Bertz CT molecular complexity index is 1130. The lowest BCUT2D eigenvalue weighted by Crippen LogP contribution is -2.12. The van der Waals surface area contributed by atoms with E-state index >= 15 is 0 Å². The second-order valence-corrected chi connectivity index (χ2v) is 6.72. The van der Waals surface area contributed by atoms with Gasteiger partial charge in [-0.3, -0.25) is 10.1 Å². The number of hydrogen-bond donors (Lipinski definition) is 2. The Morgan fingerprint density at radius 3 is 2.48 bits per heavy atom. The summed E-state index contributed by atoms with van der Waals surface area (Å²) in [5.74, 6) is -0.628. The molecule has 29 heavy (non-hydrogen) atoms. The van der Waals surface area contributed by atoms with Crippen molar-refractivity contribution in [3.05, 3.63) is 58.5 Å². The van der Waals surface area contributed by atoms with Crippen LogP contribution in [-0.2, 0) is 0 Å². The highest BCUT2D eigenvalue weighted by Gasteiger charge is 2.18. The van der Waals surface area contributed by atoms with Crippen LogP contribution in [0.1, 0.15) is 25.6 Å².